The van der Waals surface area contributed by atoms with Crippen LogP contribution in [-0.2, 0) is 5.75 Å². The smallest absolute Gasteiger partial charge is 0.165 e. The summed E-state index contributed by atoms with van der Waals surface area (Å²) >= 11 is 1.74. The van der Waals surface area contributed by atoms with Crippen molar-refractivity contribution in [2.45, 2.75) is 23.5 Å². The Balaban J connectivity index is 1.59. The van der Waals surface area contributed by atoms with Crippen LogP contribution in [0, 0.1) is 17.2 Å². The van der Waals surface area contributed by atoms with Crippen LogP contribution in [0.15, 0.2) is 53.4 Å². The fourth-order valence-corrected chi connectivity index (χ4v) is 2.99. The van der Waals surface area contributed by atoms with E-state index in [0.29, 0.717) is 11.3 Å². The number of benzene rings is 2. The van der Waals surface area contributed by atoms with Crippen LogP contribution >= 0.6 is 11.8 Å². The number of thioether (sulfide) groups is 1. The van der Waals surface area contributed by atoms with Gasteiger partial charge in [0.2, 0.25) is 0 Å². The lowest BCUT2D eigenvalue weighted by molar-refractivity contribution is 0.0967. The van der Waals surface area contributed by atoms with Crippen molar-refractivity contribution in [3.05, 3.63) is 65.2 Å². The monoisotopic (exact) mass is 293 g/mol. The van der Waals surface area contributed by atoms with E-state index in [1.165, 1.54) is 5.56 Å². The number of carbonyl (C=O) groups is 1. The van der Waals surface area contributed by atoms with Crippen molar-refractivity contribution in [3.8, 4) is 6.07 Å². The molecule has 2 nitrogen and oxygen atoms in total. The van der Waals surface area contributed by atoms with Crippen LogP contribution in [0.2, 0.25) is 0 Å². The summed E-state index contributed by atoms with van der Waals surface area (Å²) in [4.78, 5) is 13.1. The summed E-state index contributed by atoms with van der Waals surface area (Å²) in [7, 11) is 0. The highest BCUT2D eigenvalue weighted by atomic mass is 32.2. The second-order valence-corrected chi connectivity index (χ2v) is 6.31. The SMILES string of the molecule is N#Cc1ccc(CSc2ccc(C(=O)C3CC3)cc2)cc1. The fraction of sp³-hybridized carbons (Fsp3) is 0.222. The molecule has 0 bridgehead atoms. The molecule has 0 atom stereocenters. The van der Waals surface area contributed by atoms with Crippen molar-refractivity contribution in [2.75, 3.05) is 0 Å². The van der Waals surface area contributed by atoms with Crippen molar-refractivity contribution < 1.29 is 4.79 Å². The van der Waals surface area contributed by atoms with Gasteiger partial charge in [0.05, 0.1) is 11.6 Å². The van der Waals surface area contributed by atoms with Gasteiger partial charge < -0.3 is 0 Å². The zero-order valence-corrected chi connectivity index (χ0v) is 12.4. The number of ketones is 1. The van der Waals surface area contributed by atoms with Gasteiger partial charge >= 0.3 is 0 Å². The lowest BCUT2D eigenvalue weighted by atomic mass is 10.1. The molecule has 0 spiro atoms. The predicted octanol–water partition coefficient (Wildman–Crippen LogP) is 4.44. The van der Waals surface area contributed by atoms with Crippen LogP contribution in [0.4, 0.5) is 0 Å². The summed E-state index contributed by atoms with van der Waals surface area (Å²) in [5.41, 5.74) is 2.71. The minimum Gasteiger partial charge on any atom is -0.294 e. The molecule has 0 aromatic heterocycles. The molecule has 1 fully saturated rings. The molecular formula is C18H15NOS. The molecule has 3 rings (SSSR count). The zero-order chi connectivity index (χ0) is 14.7. The van der Waals surface area contributed by atoms with E-state index in [-0.39, 0.29) is 5.92 Å². The Bertz CT molecular complexity index is 679. The quantitative estimate of drug-likeness (QED) is 0.604. The minimum absolute atomic E-state index is 0.280. The first-order valence-corrected chi connectivity index (χ1v) is 8.01. The van der Waals surface area contributed by atoms with Gasteiger partial charge in [0, 0.05) is 22.1 Å². The lowest BCUT2D eigenvalue weighted by Crippen LogP contribution is -2.00. The maximum Gasteiger partial charge on any atom is 0.165 e. The second kappa shape index (κ2) is 6.15. The number of rotatable bonds is 5. The van der Waals surface area contributed by atoms with Gasteiger partial charge in [-0.15, -0.1) is 11.8 Å². The zero-order valence-electron chi connectivity index (χ0n) is 11.6. The molecule has 0 saturated heterocycles. The molecule has 0 amide bonds. The fourth-order valence-electron chi connectivity index (χ4n) is 2.14. The normalized spacial score (nSPS) is 13.7. The van der Waals surface area contributed by atoms with Gasteiger partial charge in [-0.2, -0.15) is 5.26 Å². The third kappa shape index (κ3) is 3.53. The van der Waals surface area contributed by atoms with Crippen LogP contribution in [0.1, 0.15) is 34.3 Å². The van der Waals surface area contributed by atoms with Crippen LogP contribution in [0.3, 0.4) is 0 Å². The molecular weight excluding hydrogens is 278 g/mol. The topological polar surface area (TPSA) is 40.9 Å². The molecule has 2 aromatic carbocycles. The van der Waals surface area contributed by atoms with Crippen molar-refractivity contribution >= 4 is 17.5 Å². The maximum absolute atomic E-state index is 11.9. The summed E-state index contributed by atoms with van der Waals surface area (Å²) in [6.07, 6.45) is 2.10. The van der Waals surface area contributed by atoms with E-state index in [4.69, 9.17) is 5.26 Å². The highest BCUT2D eigenvalue weighted by Gasteiger charge is 2.30. The molecule has 0 radical (unpaired) electrons. The molecule has 0 heterocycles. The van der Waals surface area contributed by atoms with E-state index in [0.717, 1.165) is 29.1 Å². The summed E-state index contributed by atoms with van der Waals surface area (Å²) in [6, 6.07) is 17.7. The molecule has 1 aliphatic rings. The summed E-state index contributed by atoms with van der Waals surface area (Å²) in [6.45, 7) is 0. The van der Waals surface area contributed by atoms with E-state index < -0.39 is 0 Å². The van der Waals surface area contributed by atoms with Gasteiger partial charge in [0.15, 0.2) is 5.78 Å². The van der Waals surface area contributed by atoms with Crippen molar-refractivity contribution in [1.29, 1.82) is 5.26 Å². The number of Topliss-reactive ketones (excluding diaryl/α,β-unsaturated/α-hetero) is 1. The first-order valence-electron chi connectivity index (χ1n) is 7.02. The number of hydrogen-bond acceptors (Lipinski definition) is 3. The Labute approximate surface area is 128 Å². The first-order chi connectivity index (χ1) is 10.3. The van der Waals surface area contributed by atoms with Gasteiger partial charge in [-0.25, -0.2) is 0 Å². The van der Waals surface area contributed by atoms with E-state index in [9.17, 15) is 4.79 Å². The second-order valence-electron chi connectivity index (χ2n) is 5.26. The van der Waals surface area contributed by atoms with Gasteiger partial charge in [-0.3, -0.25) is 4.79 Å². The highest BCUT2D eigenvalue weighted by Crippen LogP contribution is 2.33. The third-order valence-corrected chi connectivity index (χ3v) is 4.66. The molecule has 0 N–H and O–H groups in total. The molecule has 0 aliphatic heterocycles. The number of hydrogen-bond donors (Lipinski definition) is 0. The van der Waals surface area contributed by atoms with Crippen LogP contribution in [-0.4, -0.2) is 5.78 Å². The van der Waals surface area contributed by atoms with E-state index in [2.05, 4.69) is 6.07 Å². The standard InChI is InChI=1S/C18H15NOS/c19-11-13-1-3-14(4-2-13)12-21-17-9-7-16(8-10-17)18(20)15-5-6-15/h1-4,7-10,15H,5-6,12H2. The Morgan fingerprint density at radius 1 is 1.10 bits per heavy atom. The third-order valence-electron chi connectivity index (χ3n) is 3.58. The molecule has 1 aliphatic carbocycles. The summed E-state index contributed by atoms with van der Waals surface area (Å²) < 4.78 is 0. The molecule has 104 valence electrons. The van der Waals surface area contributed by atoms with Crippen LogP contribution in [0.5, 0.6) is 0 Å². The Morgan fingerprint density at radius 2 is 1.76 bits per heavy atom. The predicted molar refractivity (Wildman–Crippen MR) is 84.2 cm³/mol. The molecule has 2 aromatic rings. The molecule has 3 heteroatoms. The molecule has 21 heavy (non-hydrogen) atoms. The summed E-state index contributed by atoms with van der Waals surface area (Å²) in [5, 5.41) is 8.77. The van der Waals surface area contributed by atoms with Gasteiger partial charge in [-0.05, 0) is 42.7 Å². The maximum atomic E-state index is 11.9. The first kappa shape index (κ1) is 13.9. The van der Waals surface area contributed by atoms with Crippen LogP contribution in [0.25, 0.3) is 0 Å². The highest BCUT2D eigenvalue weighted by molar-refractivity contribution is 7.98. The van der Waals surface area contributed by atoms with Crippen molar-refractivity contribution in [2.24, 2.45) is 5.92 Å². The average molecular weight is 293 g/mol. The Kier molecular flexibility index (Phi) is 4.08. The van der Waals surface area contributed by atoms with E-state index >= 15 is 0 Å². The van der Waals surface area contributed by atoms with E-state index in [1.54, 1.807) is 11.8 Å². The van der Waals surface area contributed by atoms with Gasteiger partial charge in [-0.1, -0.05) is 24.3 Å². The number of carbonyl (C=O) groups excluding carboxylic acids is 1. The number of nitrogens with zero attached hydrogens (tertiary/aromatic N) is 1. The van der Waals surface area contributed by atoms with Crippen LogP contribution < -0.4 is 0 Å². The van der Waals surface area contributed by atoms with Crippen molar-refractivity contribution in [3.63, 3.8) is 0 Å². The van der Waals surface area contributed by atoms with E-state index in [1.807, 2.05) is 48.5 Å². The van der Waals surface area contributed by atoms with Crippen molar-refractivity contribution in [1.82, 2.24) is 0 Å². The average Bonchev–Trinajstić information content (AvgIpc) is 3.38. The Hall–Kier alpha value is -2.05. The number of nitriles is 1. The largest absolute Gasteiger partial charge is 0.294 e. The minimum atomic E-state index is 0.280. The van der Waals surface area contributed by atoms with Gasteiger partial charge in [0.25, 0.3) is 0 Å². The molecule has 1 saturated carbocycles. The van der Waals surface area contributed by atoms with Gasteiger partial charge in [0.1, 0.15) is 0 Å². The molecule has 0 unspecified atom stereocenters. The lowest BCUT2D eigenvalue weighted by Gasteiger charge is -2.04. The summed E-state index contributed by atoms with van der Waals surface area (Å²) in [5.74, 6) is 1.43. The Morgan fingerprint density at radius 3 is 2.33 bits per heavy atom.